The van der Waals surface area contributed by atoms with Gasteiger partial charge in [0.05, 0.1) is 0 Å². The average Bonchev–Trinajstić information content (AvgIpc) is 4.05. The number of carbonyl (C=O) groups excluding carboxylic acids is 8. The third-order valence-corrected chi connectivity index (χ3v) is 14.7. The van der Waals surface area contributed by atoms with Gasteiger partial charge in [0.1, 0.15) is 48.3 Å². The van der Waals surface area contributed by atoms with Gasteiger partial charge >= 0.3 is 0 Å². The molecule has 3 heterocycles. The maximum atomic E-state index is 14.9. The highest BCUT2D eigenvalue weighted by molar-refractivity contribution is 7.98. The summed E-state index contributed by atoms with van der Waals surface area (Å²) >= 11 is 2.96. The Morgan fingerprint density at radius 2 is 1.00 bits per heavy atom. The van der Waals surface area contributed by atoms with E-state index in [4.69, 9.17) is 0 Å². The smallest absolute Gasteiger partial charge is 0.245 e. The molecular formula is C55H73N9O8S2. The molecule has 0 saturated carbocycles. The van der Waals surface area contributed by atoms with Crippen molar-refractivity contribution in [2.45, 2.75) is 127 Å². The number of amides is 8. The minimum atomic E-state index is -1.28. The predicted molar refractivity (Wildman–Crippen MR) is 291 cm³/mol. The second kappa shape index (κ2) is 27.8. The van der Waals surface area contributed by atoms with Crippen LogP contribution in [-0.4, -0.2) is 136 Å². The Hall–Kier alpha value is -6.34. The minimum absolute atomic E-state index is 0.00838. The van der Waals surface area contributed by atoms with Crippen LogP contribution in [0.5, 0.6) is 0 Å². The van der Waals surface area contributed by atoms with Gasteiger partial charge in [0.2, 0.25) is 47.3 Å². The highest BCUT2D eigenvalue weighted by Gasteiger charge is 2.41. The molecule has 0 spiro atoms. The van der Waals surface area contributed by atoms with Gasteiger partial charge in [-0.05, 0) is 90.7 Å². The number of H-pyrrole nitrogens is 1. The number of carbonyl (C=O) groups is 8. The molecule has 8 atom stereocenters. The van der Waals surface area contributed by atoms with Crippen LogP contribution < -0.4 is 37.2 Å². The number of fused-ring (bicyclic) bond motifs is 2. The van der Waals surface area contributed by atoms with Gasteiger partial charge in [-0.25, -0.2) is 0 Å². The summed E-state index contributed by atoms with van der Waals surface area (Å²) in [4.78, 5) is 122. The van der Waals surface area contributed by atoms with E-state index >= 15 is 0 Å². The van der Waals surface area contributed by atoms with Crippen LogP contribution in [0.2, 0.25) is 0 Å². The summed E-state index contributed by atoms with van der Waals surface area (Å²) in [6.45, 7) is 7.54. The van der Waals surface area contributed by atoms with Crippen molar-refractivity contribution in [3.05, 3.63) is 108 Å². The first-order valence-corrected chi connectivity index (χ1v) is 28.4. The molecule has 2 fully saturated rings. The highest BCUT2D eigenvalue weighted by Crippen LogP contribution is 2.23. The van der Waals surface area contributed by atoms with Crippen LogP contribution in [0.3, 0.4) is 0 Å². The Labute approximate surface area is 442 Å². The molecule has 1 aromatic heterocycles. The van der Waals surface area contributed by atoms with Gasteiger partial charge < -0.3 is 47.1 Å². The first-order chi connectivity index (χ1) is 35.6. The molecule has 0 aliphatic carbocycles. The normalized spacial score (nSPS) is 24.3. The van der Waals surface area contributed by atoms with Crippen molar-refractivity contribution in [3.63, 3.8) is 0 Å². The maximum absolute atomic E-state index is 14.9. The van der Waals surface area contributed by atoms with E-state index in [0.29, 0.717) is 35.5 Å². The molecule has 8 amide bonds. The van der Waals surface area contributed by atoms with Crippen molar-refractivity contribution in [1.29, 1.82) is 0 Å². The third-order valence-electron chi connectivity index (χ3n) is 13.5. The topological polar surface area (TPSA) is 240 Å². The summed E-state index contributed by atoms with van der Waals surface area (Å²) in [5.74, 6) is -4.52. The zero-order valence-corrected chi connectivity index (χ0v) is 44.9. The third kappa shape index (κ3) is 15.8. The number of hydrogen-bond acceptors (Lipinski definition) is 10. The molecule has 0 unspecified atom stereocenters. The summed E-state index contributed by atoms with van der Waals surface area (Å²) in [6, 6.07) is 16.5. The zero-order valence-electron chi connectivity index (χ0n) is 43.2. The maximum Gasteiger partial charge on any atom is 0.245 e. The van der Waals surface area contributed by atoms with Crippen LogP contribution >= 0.6 is 23.5 Å². The molecule has 2 saturated heterocycles. The molecular weight excluding hydrogens is 979 g/mol. The van der Waals surface area contributed by atoms with Gasteiger partial charge in [-0.1, -0.05) is 107 Å². The Kier molecular flexibility index (Phi) is 21.4. The predicted octanol–water partition coefficient (Wildman–Crippen LogP) is 3.80. The fourth-order valence-electron chi connectivity index (χ4n) is 9.46. The van der Waals surface area contributed by atoms with E-state index < -0.39 is 102 Å². The summed E-state index contributed by atoms with van der Waals surface area (Å²) in [5, 5.41) is 21.2. The second-order valence-corrected chi connectivity index (χ2v) is 21.9. The van der Waals surface area contributed by atoms with E-state index in [2.05, 4.69) is 42.2 Å². The molecule has 3 aromatic carbocycles. The molecule has 2 aliphatic rings. The minimum Gasteiger partial charge on any atom is -0.361 e. The molecule has 0 bridgehead atoms. The van der Waals surface area contributed by atoms with Crippen LogP contribution in [0.15, 0.2) is 91.1 Å². The van der Waals surface area contributed by atoms with Crippen LogP contribution in [-0.2, 0) is 57.6 Å². The van der Waals surface area contributed by atoms with Crippen molar-refractivity contribution in [1.82, 2.24) is 47.1 Å². The standard InChI is InChI=1S/C55H73N9O8S2/c1-33(2)28-42-49(66)58-41(24-27-74-6)55(72)64-25-15-22-46(64)53(70)62-44(30-36-18-11-8-12-19-36)51(68)60-43(29-35-16-9-7-10-17-35)50(67)61-45(31-37-32-56-39-21-14-13-20-38(37)39)52(69)63-47(34(3)4)54(71)57-40(23-26-73-5)48(65)59-42/h7-14,16-21,32-34,40-47,56H,15,22-31H2,1-6H3,(H,57,71)(H,58,66)(H,59,65)(H,60,68)(H,61,67)(H,62,70)(H,63,69)/t40-,41-,42-,43-,44-,45-,46-,47-/m0/s1. The Balaban J connectivity index is 1.43. The van der Waals surface area contributed by atoms with Crippen LogP contribution in [0.4, 0.5) is 0 Å². The first kappa shape index (κ1) is 56.9. The largest absolute Gasteiger partial charge is 0.361 e. The molecule has 2 aliphatic heterocycles. The monoisotopic (exact) mass is 1050 g/mol. The number of para-hydroxylation sites is 1. The number of hydrogen-bond donors (Lipinski definition) is 8. The van der Waals surface area contributed by atoms with Gasteiger partial charge in [-0.3, -0.25) is 38.4 Å². The zero-order chi connectivity index (χ0) is 53.3. The Morgan fingerprint density at radius 1 is 0.527 bits per heavy atom. The van der Waals surface area contributed by atoms with Crippen molar-refractivity contribution < 1.29 is 38.4 Å². The molecule has 19 heteroatoms. The van der Waals surface area contributed by atoms with E-state index in [9.17, 15) is 38.4 Å². The lowest BCUT2D eigenvalue weighted by molar-refractivity contribution is -0.142. The number of thioether (sulfide) groups is 2. The Morgan fingerprint density at radius 3 is 1.58 bits per heavy atom. The molecule has 6 rings (SSSR count). The lowest BCUT2D eigenvalue weighted by Gasteiger charge is -2.32. The SMILES string of the molecule is CSCC[C@@H]1NC(=O)[C@H](C(C)C)NC(=O)[C@H](Cc2c[nH]c3ccccc23)NC(=O)[C@H](Cc2ccccc2)NC(=O)[C@H](Cc2ccccc2)NC(=O)[C@@H]2CCCN2C(=O)[C@H](CCSC)NC(=O)[C@H](CC(C)C)NC1=O. The van der Waals surface area contributed by atoms with Gasteiger partial charge in [-0.2, -0.15) is 23.5 Å². The van der Waals surface area contributed by atoms with E-state index in [1.54, 1.807) is 20.0 Å². The lowest BCUT2D eigenvalue weighted by atomic mass is 9.99. The van der Waals surface area contributed by atoms with Crippen LogP contribution in [0.25, 0.3) is 10.9 Å². The number of rotatable bonds is 15. The number of aromatic amines is 1. The summed E-state index contributed by atoms with van der Waals surface area (Å²) in [6.07, 6.45) is 6.97. The van der Waals surface area contributed by atoms with Gasteiger partial charge in [0, 0.05) is 42.9 Å². The number of benzene rings is 3. The quantitative estimate of drug-likeness (QED) is 0.0857. The highest BCUT2D eigenvalue weighted by atomic mass is 32.2. The summed E-state index contributed by atoms with van der Waals surface area (Å²) in [5.41, 5.74) is 2.94. The number of aromatic nitrogens is 1. The van der Waals surface area contributed by atoms with E-state index in [1.807, 2.05) is 111 Å². The van der Waals surface area contributed by atoms with Gasteiger partial charge in [0.15, 0.2) is 0 Å². The molecule has 4 aromatic rings. The van der Waals surface area contributed by atoms with Gasteiger partial charge in [0.25, 0.3) is 0 Å². The van der Waals surface area contributed by atoms with E-state index in [1.165, 1.54) is 28.4 Å². The first-order valence-electron chi connectivity index (χ1n) is 25.6. The number of nitrogens with one attached hydrogen (secondary N) is 8. The number of nitrogens with zero attached hydrogens (tertiary/aromatic N) is 1. The van der Waals surface area contributed by atoms with E-state index in [-0.39, 0.29) is 51.0 Å². The molecule has 398 valence electrons. The fraction of sp³-hybridized carbons (Fsp3) is 0.491. The van der Waals surface area contributed by atoms with Crippen molar-refractivity contribution in [2.24, 2.45) is 11.8 Å². The van der Waals surface area contributed by atoms with E-state index in [0.717, 1.165) is 16.5 Å². The van der Waals surface area contributed by atoms with Gasteiger partial charge in [-0.15, -0.1) is 0 Å². The fourth-order valence-corrected chi connectivity index (χ4v) is 10.4. The molecule has 74 heavy (non-hydrogen) atoms. The van der Waals surface area contributed by atoms with Crippen LogP contribution in [0, 0.1) is 11.8 Å². The lowest BCUT2D eigenvalue weighted by Crippen LogP contribution is -2.62. The molecule has 0 radical (unpaired) electrons. The molecule has 17 nitrogen and oxygen atoms in total. The second-order valence-electron chi connectivity index (χ2n) is 19.9. The summed E-state index contributed by atoms with van der Waals surface area (Å²) in [7, 11) is 0. The summed E-state index contributed by atoms with van der Waals surface area (Å²) < 4.78 is 0. The van der Waals surface area contributed by atoms with Crippen molar-refractivity contribution in [3.8, 4) is 0 Å². The van der Waals surface area contributed by atoms with Crippen molar-refractivity contribution >= 4 is 81.7 Å². The average molecular weight is 1050 g/mol. The molecule has 8 N–H and O–H groups in total. The Bertz CT molecular complexity index is 2560. The van der Waals surface area contributed by atoms with Crippen LogP contribution in [0.1, 0.15) is 76.5 Å². The van der Waals surface area contributed by atoms with Crippen molar-refractivity contribution in [2.75, 3.05) is 30.6 Å².